The zero-order valence-electron chi connectivity index (χ0n) is 34.8. The SMILES string of the molecule is C=C(C)C(=O)OCc1cc(C2CCC(C3CCC(CCCCC)CC3)CC2)cc(COC(=O)C(=C)C)c1[Si](C)(C)CCCCCOCC1CC(=O)OC(=O)C1. The fourth-order valence-electron chi connectivity index (χ4n) is 9.41. The maximum atomic E-state index is 12.7. The third-order valence-corrected chi connectivity index (χ3v) is 16.1. The van der Waals surface area contributed by atoms with Crippen molar-refractivity contribution in [3.63, 3.8) is 0 Å². The van der Waals surface area contributed by atoms with E-state index in [4.69, 9.17) is 14.2 Å². The minimum absolute atomic E-state index is 0.113. The number of carbonyl (C=O) groups excluding carboxylic acids is 4. The Morgan fingerprint density at radius 3 is 1.82 bits per heavy atom. The molecule has 0 unspecified atom stereocenters. The molecule has 8 nitrogen and oxygen atoms in total. The molecule has 0 radical (unpaired) electrons. The first-order chi connectivity index (χ1) is 26.3. The number of cyclic esters (lactones) is 2. The number of rotatable bonds is 21. The molecule has 3 aliphatic rings. The van der Waals surface area contributed by atoms with Gasteiger partial charge in [-0.05, 0) is 104 Å². The molecular formula is C46H70O8Si. The summed E-state index contributed by atoms with van der Waals surface area (Å²) >= 11 is 0. The van der Waals surface area contributed by atoms with Gasteiger partial charge in [0.1, 0.15) is 13.2 Å². The first-order valence-electron chi connectivity index (χ1n) is 21.4. The van der Waals surface area contributed by atoms with Crippen LogP contribution in [0.25, 0.3) is 0 Å². The molecule has 2 aliphatic carbocycles. The highest BCUT2D eigenvalue weighted by atomic mass is 28.3. The lowest BCUT2D eigenvalue weighted by atomic mass is 9.68. The van der Waals surface area contributed by atoms with Crippen molar-refractivity contribution < 1.29 is 38.1 Å². The zero-order valence-corrected chi connectivity index (χ0v) is 35.8. The topological polar surface area (TPSA) is 105 Å². The molecule has 0 bridgehead atoms. The van der Waals surface area contributed by atoms with Crippen LogP contribution in [0.5, 0.6) is 0 Å². The summed E-state index contributed by atoms with van der Waals surface area (Å²) in [6, 6.07) is 5.60. The van der Waals surface area contributed by atoms with Crippen molar-refractivity contribution in [3.05, 3.63) is 53.1 Å². The molecule has 0 atom stereocenters. The molecule has 9 heteroatoms. The average molecular weight is 779 g/mol. The Morgan fingerprint density at radius 2 is 1.29 bits per heavy atom. The Morgan fingerprint density at radius 1 is 0.745 bits per heavy atom. The molecule has 4 rings (SSSR count). The summed E-state index contributed by atoms with van der Waals surface area (Å²) in [5.74, 6) is 1.17. The van der Waals surface area contributed by atoms with Crippen molar-refractivity contribution in [2.75, 3.05) is 13.2 Å². The van der Waals surface area contributed by atoms with Crippen LogP contribution in [0.2, 0.25) is 19.1 Å². The second-order valence-electron chi connectivity index (χ2n) is 17.7. The molecule has 0 aromatic heterocycles. The van der Waals surface area contributed by atoms with E-state index in [1.54, 1.807) is 13.8 Å². The number of hydrogen-bond acceptors (Lipinski definition) is 8. The van der Waals surface area contributed by atoms with Crippen LogP contribution in [0.1, 0.15) is 153 Å². The highest BCUT2D eigenvalue weighted by Crippen LogP contribution is 2.45. The van der Waals surface area contributed by atoms with Gasteiger partial charge in [-0.3, -0.25) is 9.59 Å². The zero-order chi connectivity index (χ0) is 40.0. The number of esters is 4. The van der Waals surface area contributed by atoms with Crippen LogP contribution in [-0.2, 0) is 51.3 Å². The van der Waals surface area contributed by atoms with Crippen molar-refractivity contribution >= 4 is 37.1 Å². The van der Waals surface area contributed by atoms with E-state index in [0.29, 0.717) is 30.3 Å². The number of hydrogen-bond donors (Lipinski definition) is 0. The van der Waals surface area contributed by atoms with E-state index >= 15 is 0 Å². The fourth-order valence-corrected chi connectivity index (χ4v) is 12.8. The Kier molecular flexibility index (Phi) is 17.9. The van der Waals surface area contributed by atoms with E-state index in [2.05, 4.69) is 50.0 Å². The van der Waals surface area contributed by atoms with Crippen LogP contribution < -0.4 is 5.19 Å². The summed E-state index contributed by atoms with van der Waals surface area (Å²) in [6.45, 7) is 19.2. The van der Waals surface area contributed by atoms with E-state index in [-0.39, 0.29) is 32.0 Å². The molecule has 0 N–H and O–H groups in total. The summed E-state index contributed by atoms with van der Waals surface area (Å²) < 4.78 is 22.2. The first-order valence-corrected chi connectivity index (χ1v) is 24.6. The van der Waals surface area contributed by atoms with Gasteiger partial charge in [-0.25, -0.2) is 9.59 Å². The second-order valence-corrected chi connectivity index (χ2v) is 22.5. The largest absolute Gasteiger partial charge is 0.457 e. The van der Waals surface area contributed by atoms with Gasteiger partial charge in [0.15, 0.2) is 0 Å². The summed E-state index contributed by atoms with van der Waals surface area (Å²) in [6.07, 6.45) is 19.2. The van der Waals surface area contributed by atoms with Crippen molar-refractivity contribution in [1.29, 1.82) is 0 Å². The average Bonchev–Trinajstić information content (AvgIpc) is 3.15. The molecule has 1 heterocycles. The van der Waals surface area contributed by atoms with Gasteiger partial charge in [0.25, 0.3) is 0 Å². The number of unbranched alkanes of at least 4 members (excludes halogenated alkanes) is 4. The van der Waals surface area contributed by atoms with Gasteiger partial charge in [-0.1, -0.05) is 103 Å². The predicted octanol–water partition coefficient (Wildman–Crippen LogP) is 10.2. The molecule has 306 valence electrons. The fraction of sp³-hybridized carbons (Fsp3) is 0.696. The molecule has 0 amide bonds. The van der Waals surface area contributed by atoms with Crippen LogP contribution in [0, 0.1) is 23.7 Å². The van der Waals surface area contributed by atoms with E-state index in [1.165, 1.54) is 75.0 Å². The van der Waals surface area contributed by atoms with Gasteiger partial charge < -0.3 is 18.9 Å². The van der Waals surface area contributed by atoms with Gasteiger partial charge in [0.2, 0.25) is 0 Å². The van der Waals surface area contributed by atoms with Crippen LogP contribution >= 0.6 is 0 Å². The van der Waals surface area contributed by atoms with Gasteiger partial charge in [-0.15, -0.1) is 0 Å². The van der Waals surface area contributed by atoms with Crippen LogP contribution in [-0.4, -0.2) is 45.2 Å². The molecule has 55 heavy (non-hydrogen) atoms. The minimum atomic E-state index is -2.16. The van der Waals surface area contributed by atoms with Crippen molar-refractivity contribution in [2.24, 2.45) is 23.7 Å². The second kappa shape index (κ2) is 22.0. The first kappa shape index (κ1) is 44.7. The number of ether oxygens (including phenoxy) is 4. The van der Waals surface area contributed by atoms with E-state index in [9.17, 15) is 19.2 Å². The minimum Gasteiger partial charge on any atom is -0.457 e. The highest BCUT2D eigenvalue weighted by molar-refractivity contribution is 6.90. The van der Waals surface area contributed by atoms with Gasteiger partial charge in [-0.2, -0.15) is 0 Å². The van der Waals surface area contributed by atoms with Crippen LogP contribution in [0.3, 0.4) is 0 Å². The monoisotopic (exact) mass is 778 g/mol. The standard InChI is InChI=1S/C46H70O8Si/c1-8-9-11-14-34-15-17-36(18-16-34)37-19-21-38(22-20-37)39-27-40(30-52-45(49)32(2)3)44(41(28-39)31-53-46(50)33(4)5)55(6,7)24-13-10-12-23-51-29-35-25-42(47)54-43(48)26-35/h27-28,34-38H,2,4,8-26,29-31H2,1,3,5-7H3. The molecule has 1 aromatic carbocycles. The lowest BCUT2D eigenvalue weighted by Crippen LogP contribution is -2.46. The Hall–Kier alpha value is -3.04. The van der Waals surface area contributed by atoms with Crippen molar-refractivity contribution in [1.82, 2.24) is 0 Å². The third-order valence-electron chi connectivity index (χ3n) is 12.5. The van der Waals surface area contributed by atoms with Gasteiger partial charge >= 0.3 is 23.9 Å². The molecule has 1 aromatic rings. The Balaban J connectivity index is 1.45. The highest BCUT2D eigenvalue weighted by Gasteiger charge is 2.34. The summed E-state index contributed by atoms with van der Waals surface area (Å²) in [5, 5.41) is 1.20. The van der Waals surface area contributed by atoms with E-state index < -0.39 is 32.0 Å². The summed E-state index contributed by atoms with van der Waals surface area (Å²) in [4.78, 5) is 48.6. The van der Waals surface area contributed by atoms with Crippen LogP contribution in [0.15, 0.2) is 36.4 Å². The smallest absolute Gasteiger partial charge is 0.333 e. The predicted molar refractivity (Wildman–Crippen MR) is 220 cm³/mol. The number of carbonyl (C=O) groups is 4. The van der Waals surface area contributed by atoms with Gasteiger partial charge in [0.05, 0.1) is 27.5 Å². The lowest BCUT2D eigenvalue weighted by Gasteiger charge is -2.38. The summed E-state index contributed by atoms with van der Waals surface area (Å²) in [5.41, 5.74) is 4.06. The Labute approximate surface area is 332 Å². The van der Waals surface area contributed by atoms with Crippen molar-refractivity contribution in [3.8, 4) is 0 Å². The van der Waals surface area contributed by atoms with Crippen molar-refractivity contribution in [2.45, 2.75) is 168 Å². The Bertz CT molecular complexity index is 1410. The molecular weight excluding hydrogens is 709 g/mol. The maximum absolute atomic E-state index is 12.7. The maximum Gasteiger partial charge on any atom is 0.333 e. The quantitative estimate of drug-likeness (QED) is 0.0303. The molecule has 0 spiro atoms. The molecule has 1 aliphatic heterocycles. The van der Waals surface area contributed by atoms with Crippen LogP contribution in [0.4, 0.5) is 0 Å². The normalized spacial score (nSPS) is 22.2. The molecule has 3 fully saturated rings. The van der Waals surface area contributed by atoms with E-state index in [1.807, 2.05) is 0 Å². The molecule has 2 saturated carbocycles. The van der Waals surface area contributed by atoms with E-state index in [0.717, 1.165) is 67.0 Å². The number of benzene rings is 1. The third kappa shape index (κ3) is 14.1. The summed E-state index contributed by atoms with van der Waals surface area (Å²) in [7, 11) is -2.16. The molecule has 1 saturated heterocycles. The van der Waals surface area contributed by atoms with Gasteiger partial charge in [0, 0.05) is 23.7 Å². The lowest BCUT2D eigenvalue weighted by molar-refractivity contribution is -0.166.